The minimum atomic E-state index is -4.99. The minimum Gasteiger partial charge on any atom is -0.327 e. The Labute approximate surface area is 228 Å². The van der Waals surface area contributed by atoms with Gasteiger partial charge in [0.15, 0.2) is 9.84 Å². The Hall–Kier alpha value is -2.83. The molecule has 1 saturated heterocycles. The first kappa shape index (κ1) is 31.7. The number of aryl methyl sites for hydroxylation is 1. The summed E-state index contributed by atoms with van der Waals surface area (Å²) >= 11 is 0. The predicted octanol–water partition coefficient (Wildman–Crippen LogP) is 6.79. The molecule has 0 bridgehead atoms. The Bertz CT molecular complexity index is 1310. The number of halogens is 7. The van der Waals surface area contributed by atoms with E-state index in [4.69, 9.17) is 0 Å². The molecular formula is C27H31F7N2O3S. The Balaban J connectivity index is 1.87. The van der Waals surface area contributed by atoms with Gasteiger partial charge in [-0.1, -0.05) is 6.07 Å². The molecule has 2 aromatic rings. The van der Waals surface area contributed by atoms with E-state index in [1.807, 2.05) is 0 Å². The number of amides is 2. The molecule has 2 atom stereocenters. The van der Waals surface area contributed by atoms with Crippen LogP contribution in [-0.2, 0) is 28.6 Å². The first-order chi connectivity index (χ1) is 18.3. The van der Waals surface area contributed by atoms with E-state index < -0.39 is 61.7 Å². The molecule has 1 fully saturated rings. The number of carbonyl (C=O) groups excluding carboxylic acids is 1. The molecule has 13 heteroatoms. The Morgan fingerprint density at radius 1 is 1.02 bits per heavy atom. The zero-order valence-electron chi connectivity index (χ0n) is 22.4. The van der Waals surface area contributed by atoms with Gasteiger partial charge in [0.2, 0.25) is 0 Å². The quantitative estimate of drug-likeness (QED) is 0.345. The van der Waals surface area contributed by atoms with Gasteiger partial charge in [-0.15, -0.1) is 0 Å². The molecule has 0 N–H and O–H groups in total. The fourth-order valence-electron chi connectivity index (χ4n) is 4.93. The standard InChI is InChI=1S/C27H31F7N2O3S/c1-16(2)40(38,39)22-8-10-36(24(15-22)23-6-5-21(28)11-17(23)3)25(37)35(4)9-7-18-12-19(26(29,30)31)14-20(13-18)27(32,33)34/h5-6,11-14,16,22,24H,7-10,15H2,1-4H3/t22-,24+/m0/s1. The van der Waals surface area contributed by atoms with Crippen LogP contribution in [0.2, 0.25) is 0 Å². The van der Waals surface area contributed by atoms with Crippen LogP contribution in [0.3, 0.4) is 0 Å². The number of sulfone groups is 1. The maximum absolute atomic E-state index is 13.8. The molecular weight excluding hydrogens is 565 g/mol. The highest BCUT2D eigenvalue weighted by atomic mass is 32.2. The van der Waals surface area contributed by atoms with Gasteiger partial charge in [0.05, 0.1) is 27.7 Å². The van der Waals surface area contributed by atoms with E-state index >= 15 is 0 Å². The molecule has 0 unspecified atom stereocenters. The summed E-state index contributed by atoms with van der Waals surface area (Å²) in [4.78, 5) is 16.1. The number of hydrogen-bond donors (Lipinski definition) is 0. The lowest BCUT2D eigenvalue weighted by Gasteiger charge is -2.42. The number of rotatable bonds is 6. The van der Waals surface area contributed by atoms with Gasteiger partial charge in [0.1, 0.15) is 5.82 Å². The molecule has 0 aromatic heterocycles. The topological polar surface area (TPSA) is 57.7 Å². The number of alkyl halides is 6. The number of likely N-dealkylation sites (tertiary alicyclic amines) is 1. The SMILES string of the molecule is Cc1cc(F)ccc1[C@H]1C[C@@H](S(=O)(=O)C(C)C)CCN1C(=O)N(C)CCc1cc(C(F)(F)F)cc(C(F)(F)F)c1. The minimum absolute atomic E-state index is 0.0447. The number of benzene rings is 2. The summed E-state index contributed by atoms with van der Waals surface area (Å²) in [6, 6.07) is 3.96. The van der Waals surface area contributed by atoms with Crippen LogP contribution in [0.15, 0.2) is 36.4 Å². The van der Waals surface area contributed by atoms with Crippen molar-refractivity contribution in [2.24, 2.45) is 0 Å². The zero-order valence-corrected chi connectivity index (χ0v) is 23.2. The van der Waals surface area contributed by atoms with Crippen LogP contribution < -0.4 is 0 Å². The van der Waals surface area contributed by atoms with Crippen LogP contribution in [0.1, 0.15) is 60.5 Å². The van der Waals surface area contributed by atoms with Crippen molar-refractivity contribution in [2.45, 2.75) is 68.9 Å². The number of nitrogens with zero attached hydrogens (tertiary/aromatic N) is 2. The molecule has 1 aliphatic heterocycles. The maximum atomic E-state index is 13.8. The lowest BCUT2D eigenvalue weighted by molar-refractivity contribution is -0.143. The second-order valence-electron chi connectivity index (χ2n) is 10.4. The number of piperidine rings is 1. The van der Waals surface area contributed by atoms with Crippen LogP contribution >= 0.6 is 0 Å². The second-order valence-corrected chi connectivity index (χ2v) is 13.2. The average Bonchev–Trinajstić information content (AvgIpc) is 2.85. The average molecular weight is 597 g/mol. The van der Waals surface area contributed by atoms with Gasteiger partial charge in [-0.3, -0.25) is 0 Å². The summed E-state index contributed by atoms with van der Waals surface area (Å²) < 4.78 is 119. The zero-order chi connectivity index (χ0) is 30.2. The fourth-order valence-corrected chi connectivity index (χ4v) is 6.58. The van der Waals surface area contributed by atoms with Gasteiger partial charge in [0, 0.05) is 20.1 Å². The van der Waals surface area contributed by atoms with Crippen molar-refractivity contribution in [1.29, 1.82) is 0 Å². The summed E-state index contributed by atoms with van der Waals surface area (Å²) in [6.07, 6.45) is -10.0. The first-order valence-corrected chi connectivity index (χ1v) is 14.2. The first-order valence-electron chi connectivity index (χ1n) is 12.6. The van der Waals surface area contributed by atoms with E-state index in [1.54, 1.807) is 20.8 Å². The van der Waals surface area contributed by atoms with E-state index in [0.717, 1.165) is 0 Å². The van der Waals surface area contributed by atoms with Crippen molar-refractivity contribution in [1.82, 2.24) is 9.80 Å². The molecule has 0 radical (unpaired) electrons. The van der Waals surface area contributed by atoms with Gasteiger partial charge in [-0.05, 0) is 87.1 Å². The van der Waals surface area contributed by atoms with E-state index in [1.165, 1.54) is 35.0 Å². The molecule has 1 heterocycles. The van der Waals surface area contributed by atoms with Gasteiger partial charge >= 0.3 is 18.4 Å². The van der Waals surface area contributed by atoms with Crippen molar-refractivity contribution in [3.05, 3.63) is 70.0 Å². The lowest BCUT2D eigenvalue weighted by atomic mass is 9.92. The summed E-state index contributed by atoms with van der Waals surface area (Å²) in [7, 11) is -2.15. The molecule has 2 aromatic carbocycles. The van der Waals surface area contributed by atoms with Crippen molar-refractivity contribution in [2.75, 3.05) is 20.1 Å². The van der Waals surface area contributed by atoms with Crippen LogP contribution in [0, 0.1) is 12.7 Å². The third kappa shape index (κ3) is 7.08. The summed E-state index contributed by atoms with van der Waals surface area (Å²) in [5.74, 6) is -0.502. The molecule has 222 valence electrons. The third-order valence-electron chi connectivity index (χ3n) is 7.22. The molecule has 40 heavy (non-hydrogen) atoms. The van der Waals surface area contributed by atoms with Crippen LogP contribution in [-0.4, -0.2) is 54.9 Å². The number of likely N-dealkylation sites (N-methyl/N-ethyl adjacent to an activating group) is 1. The Morgan fingerprint density at radius 3 is 2.10 bits per heavy atom. The predicted molar refractivity (Wildman–Crippen MR) is 136 cm³/mol. The molecule has 1 aliphatic rings. The van der Waals surface area contributed by atoms with Crippen molar-refractivity contribution >= 4 is 15.9 Å². The highest BCUT2D eigenvalue weighted by Gasteiger charge is 2.41. The van der Waals surface area contributed by atoms with Gasteiger partial charge in [0.25, 0.3) is 0 Å². The largest absolute Gasteiger partial charge is 0.416 e. The molecule has 0 saturated carbocycles. The number of carbonyl (C=O) groups is 1. The second kappa shape index (κ2) is 11.6. The Kier molecular flexibility index (Phi) is 9.17. The van der Waals surface area contributed by atoms with Crippen molar-refractivity contribution in [3.63, 3.8) is 0 Å². The van der Waals surface area contributed by atoms with Gasteiger partial charge < -0.3 is 9.80 Å². The van der Waals surface area contributed by atoms with Gasteiger partial charge in [-0.2, -0.15) is 26.3 Å². The summed E-state index contributed by atoms with van der Waals surface area (Å²) in [6.45, 7) is 4.62. The molecule has 0 spiro atoms. The smallest absolute Gasteiger partial charge is 0.327 e. The molecule has 0 aliphatic carbocycles. The van der Waals surface area contributed by atoms with Crippen molar-refractivity contribution in [3.8, 4) is 0 Å². The normalized spacial score (nSPS) is 18.8. The summed E-state index contributed by atoms with van der Waals surface area (Å²) in [5, 5.41) is -1.39. The van der Waals surface area contributed by atoms with Crippen LogP contribution in [0.25, 0.3) is 0 Å². The molecule has 2 amide bonds. The maximum Gasteiger partial charge on any atom is 0.416 e. The monoisotopic (exact) mass is 596 g/mol. The fraction of sp³-hybridized carbons (Fsp3) is 0.519. The molecule has 5 nitrogen and oxygen atoms in total. The highest BCUT2D eigenvalue weighted by Crippen LogP contribution is 2.38. The third-order valence-corrected chi connectivity index (χ3v) is 9.89. The highest BCUT2D eigenvalue weighted by molar-refractivity contribution is 7.92. The van der Waals surface area contributed by atoms with E-state index in [0.29, 0.717) is 23.3 Å². The number of hydrogen-bond acceptors (Lipinski definition) is 3. The van der Waals surface area contributed by atoms with Crippen LogP contribution in [0.5, 0.6) is 0 Å². The molecule has 3 rings (SSSR count). The van der Waals surface area contributed by atoms with E-state index in [-0.39, 0.29) is 44.0 Å². The Morgan fingerprint density at radius 2 is 1.60 bits per heavy atom. The number of urea groups is 1. The van der Waals surface area contributed by atoms with E-state index in [2.05, 4.69) is 0 Å². The lowest BCUT2D eigenvalue weighted by Crippen LogP contribution is -2.50. The van der Waals surface area contributed by atoms with Gasteiger partial charge in [-0.25, -0.2) is 17.6 Å². The van der Waals surface area contributed by atoms with Crippen molar-refractivity contribution < 1.29 is 43.9 Å². The van der Waals surface area contributed by atoms with Crippen LogP contribution in [0.4, 0.5) is 35.5 Å². The van der Waals surface area contributed by atoms with E-state index in [9.17, 15) is 43.9 Å². The summed E-state index contributed by atoms with van der Waals surface area (Å²) in [5.41, 5.74) is -2.05.